The van der Waals surface area contributed by atoms with Crippen LogP contribution >= 0.6 is 0 Å². The molecule has 2 fully saturated rings. The van der Waals surface area contributed by atoms with Gasteiger partial charge in [0.25, 0.3) is 5.91 Å². The summed E-state index contributed by atoms with van der Waals surface area (Å²) < 4.78 is 16.7. The SMILES string of the molecule is COc1ccc(OC2CCN(C3CCCC3)CC2)c(C(=O)N(C)C(C)c2ccon2)c1. The van der Waals surface area contributed by atoms with Gasteiger partial charge in [0.15, 0.2) is 0 Å². The number of hydrogen-bond donors (Lipinski definition) is 0. The monoisotopic (exact) mass is 427 g/mol. The maximum Gasteiger partial charge on any atom is 0.258 e. The van der Waals surface area contributed by atoms with Crippen LogP contribution in [0.5, 0.6) is 11.5 Å². The molecule has 0 bridgehead atoms. The number of nitrogens with zero attached hydrogens (tertiary/aromatic N) is 3. The Morgan fingerprint density at radius 2 is 1.94 bits per heavy atom. The Hall–Kier alpha value is -2.54. The van der Waals surface area contributed by atoms with Gasteiger partial charge in [-0.3, -0.25) is 4.79 Å². The van der Waals surface area contributed by atoms with E-state index in [1.165, 1.54) is 31.9 Å². The number of amides is 1. The van der Waals surface area contributed by atoms with Crippen LogP contribution in [0.2, 0.25) is 0 Å². The molecule has 31 heavy (non-hydrogen) atoms. The topological polar surface area (TPSA) is 68.0 Å². The van der Waals surface area contributed by atoms with Crippen molar-refractivity contribution < 1.29 is 18.8 Å². The number of rotatable bonds is 7. The zero-order valence-corrected chi connectivity index (χ0v) is 18.8. The number of carbonyl (C=O) groups excluding carboxylic acids is 1. The number of likely N-dealkylation sites (tertiary alicyclic amines) is 1. The summed E-state index contributed by atoms with van der Waals surface area (Å²) in [6, 6.07) is 7.77. The lowest BCUT2D eigenvalue weighted by molar-refractivity contribution is 0.0683. The Labute approximate surface area is 184 Å². The lowest BCUT2D eigenvalue weighted by atomic mass is 10.0. The fourth-order valence-electron chi connectivity index (χ4n) is 4.72. The van der Waals surface area contributed by atoms with Gasteiger partial charge in [-0.2, -0.15) is 0 Å². The first kappa shape index (κ1) is 21.7. The van der Waals surface area contributed by atoms with Crippen LogP contribution < -0.4 is 9.47 Å². The van der Waals surface area contributed by atoms with E-state index >= 15 is 0 Å². The molecule has 2 aromatic rings. The minimum Gasteiger partial charge on any atom is -0.497 e. The third-order valence-electron chi connectivity index (χ3n) is 6.82. The zero-order valence-electron chi connectivity index (χ0n) is 18.8. The predicted molar refractivity (Wildman–Crippen MR) is 117 cm³/mol. The second-order valence-corrected chi connectivity index (χ2v) is 8.67. The second kappa shape index (κ2) is 9.73. The van der Waals surface area contributed by atoms with Gasteiger partial charge in [0.05, 0.1) is 18.7 Å². The summed E-state index contributed by atoms with van der Waals surface area (Å²) in [7, 11) is 3.37. The number of ether oxygens (including phenoxy) is 2. The van der Waals surface area contributed by atoms with Crippen LogP contribution in [0.1, 0.15) is 67.5 Å². The molecule has 1 aromatic heterocycles. The van der Waals surface area contributed by atoms with Gasteiger partial charge >= 0.3 is 0 Å². The van der Waals surface area contributed by atoms with Crippen molar-refractivity contribution in [2.75, 3.05) is 27.2 Å². The van der Waals surface area contributed by atoms with E-state index < -0.39 is 0 Å². The summed E-state index contributed by atoms with van der Waals surface area (Å²) in [5.74, 6) is 1.12. The summed E-state index contributed by atoms with van der Waals surface area (Å²) in [5, 5.41) is 3.97. The molecule has 2 aliphatic rings. The van der Waals surface area contributed by atoms with Crippen LogP contribution in [-0.2, 0) is 0 Å². The van der Waals surface area contributed by atoms with Crippen LogP contribution in [0.3, 0.4) is 0 Å². The van der Waals surface area contributed by atoms with Crippen LogP contribution in [0, 0.1) is 0 Å². The van der Waals surface area contributed by atoms with Crippen molar-refractivity contribution in [1.29, 1.82) is 0 Å². The molecular formula is C24H33N3O4. The summed E-state index contributed by atoms with van der Waals surface area (Å²) >= 11 is 0. The lowest BCUT2D eigenvalue weighted by Crippen LogP contribution is -2.43. The molecule has 1 saturated heterocycles. The molecule has 7 heteroatoms. The predicted octanol–water partition coefficient (Wildman–Crippen LogP) is 4.30. The number of piperidine rings is 1. The van der Waals surface area contributed by atoms with Gasteiger partial charge in [0, 0.05) is 32.2 Å². The molecule has 0 radical (unpaired) electrons. The van der Waals surface area contributed by atoms with E-state index in [0.717, 1.165) is 32.0 Å². The molecule has 168 valence electrons. The number of hydrogen-bond acceptors (Lipinski definition) is 6. The molecule has 1 aliphatic heterocycles. The highest BCUT2D eigenvalue weighted by Gasteiger charge is 2.29. The van der Waals surface area contributed by atoms with E-state index in [1.54, 1.807) is 31.2 Å². The lowest BCUT2D eigenvalue weighted by Gasteiger charge is -2.36. The third-order valence-corrected chi connectivity index (χ3v) is 6.82. The first-order chi connectivity index (χ1) is 15.1. The summed E-state index contributed by atoms with van der Waals surface area (Å²) in [4.78, 5) is 17.6. The van der Waals surface area contributed by atoms with Crippen LogP contribution in [0.4, 0.5) is 0 Å². The van der Waals surface area contributed by atoms with Crippen molar-refractivity contribution in [2.45, 2.75) is 63.6 Å². The second-order valence-electron chi connectivity index (χ2n) is 8.67. The summed E-state index contributed by atoms with van der Waals surface area (Å²) in [6.07, 6.45) is 9.00. The minimum atomic E-state index is -0.222. The quantitative estimate of drug-likeness (QED) is 0.656. The molecule has 2 heterocycles. The molecule has 1 aromatic carbocycles. The van der Waals surface area contributed by atoms with Crippen molar-refractivity contribution in [2.24, 2.45) is 0 Å². The van der Waals surface area contributed by atoms with E-state index in [4.69, 9.17) is 14.0 Å². The standard InChI is InChI=1S/C24H33N3O4/c1-17(22-12-15-30-25-22)26(2)24(28)21-16-20(29-3)8-9-23(21)31-19-10-13-27(14-11-19)18-6-4-5-7-18/h8-9,12,15-19H,4-7,10-11,13-14H2,1-3H3. The minimum absolute atomic E-state index is 0.121. The van der Waals surface area contributed by atoms with Crippen LogP contribution in [-0.4, -0.2) is 60.3 Å². The molecular weight excluding hydrogens is 394 g/mol. The highest BCUT2D eigenvalue weighted by Crippen LogP contribution is 2.31. The zero-order chi connectivity index (χ0) is 21.8. The van der Waals surface area contributed by atoms with Crippen molar-refractivity contribution in [1.82, 2.24) is 15.0 Å². The normalized spacial score (nSPS) is 19.3. The van der Waals surface area contributed by atoms with Crippen molar-refractivity contribution in [3.05, 3.63) is 41.8 Å². The van der Waals surface area contributed by atoms with Gasteiger partial charge in [0.2, 0.25) is 0 Å². The maximum atomic E-state index is 13.4. The molecule has 4 rings (SSSR count). The van der Waals surface area contributed by atoms with Crippen molar-refractivity contribution >= 4 is 5.91 Å². The van der Waals surface area contributed by atoms with Crippen LogP contribution in [0.15, 0.2) is 35.1 Å². The first-order valence-corrected chi connectivity index (χ1v) is 11.3. The number of carbonyl (C=O) groups is 1. The molecule has 1 unspecified atom stereocenters. The smallest absolute Gasteiger partial charge is 0.258 e. The largest absolute Gasteiger partial charge is 0.497 e. The Kier molecular flexibility index (Phi) is 6.80. The molecule has 1 aliphatic carbocycles. The molecule has 1 amide bonds. The molecule has 1 atom stereocenters. The first-order valence-electron chi connectivity index (χ1n) is 11.3. The molecule has 7 nitrogen and oxygen atoms in total. The Bertz CT molecular complexity index is 856. The highest BCUT2D eigenvalue weighted by atomic mass is 16.5. The Morgan fingerprint density at radius 1 is 1.19 bits per heavy atom. The molecule has 1 saturated carbocycles. The average Bonchev–Trinajstić information content (AvgIpc) is 3.53. The summed E-state index contributed by atoms with van der Waals surface area (Å²) in [6.45, 7) is 4.06. The Morgan fingerprint density at radius 3 is 2.58 bits per heavy atom. The van der Waals surface area contributed by atoms with E-state index in [2.05, 4.69) is 10.1 Å². The van der Waals surface area contributed by atoms with E-state index in [0.29, 0.717) is 22.8 Å². The van der Waals surface area contributed by atoms with Gasteiger partial charge in [-0.25, -0.2) is 0 Å². The van der Waals surface area contributed by atoms with E-state index in [-0.39, 0.29) is 18.1 Å². The highest BCUT2D eigenvalue weighted by molar-refractivity contribution is 5.97. The summed E-state index contributed by atoms with van der Waals surface area (Å²) in [5.41, 5.74) is 1.22. The van der Waals surface area contributed by atoms with Gasteiger partial charge < -0.3 is 23.8 Å². The Balaban J connectivity index is 1.46. The fraction of sp³-hybridized carbons (Fsp3) is 0.583. The average molecular weight is 428 g/mol. The molecule has 0 spiro atoms. The van der Waals surface area contributed by atoms with E-state index in [1.807, 2.05) is 19.1 Å². The third kappa shape index (κ3) is 4.87. The van der Waals surface area contributed by atoms with Gasteiger partial charge in [-0.15, -0.1) is 0 Å². The van der Waals surface area contributed by atoms with Crippen molar-refractivity contribution in [3.8, 4) is 11.5 Å². The number of aromatic nitrogens is 1. The van der Waals surface area contributed by atoms with Gasteiger partial charge in [-0.1, -0.05) is 18.0 Å². The van der Waals surface area contributed by atoms with Gasteiger partial charge in [0.1, 0.15) is 29.6 Å². The van der Waals surface area contributed by atoms with Gasteiger partial charge in [-0.05, 0) is 50.8 Å². The molecule has 0 N–H and O–H groups in total. The van der Waals surface area contributed by atoms with Crippen LogP contribution in [0.25, 0.3) is 0 Å². The van der Waals surface area contributed by atoms with E-state index in [9.17, 15) is 4.79 Å². The van der Waals surface area contributed by atoms with Crippen molar-refractivity contribution in [3.63, 3.8) is 0 Å². The number of benzene rings is 1. The maximum absolute atomic E-state index is 13.4. The fourth-order valence-corrected chi connectivity index (χ4v) is 4.72. The number of methoxy groups -OCH3 is 1.